The molecule has 0 spiro atoms. The predicted octanol–water partition coefficient (Wildman–Crippen LogP) is 2.43. The highest BCUT2D eigenvalue weighted by Gasteiger charge is 2.15. The van der Waals surface area contributed by atoms with Crippen LogP contribution in [0.25, 0.3) is 0 Å². The van der Waals surface area contributed by atoms with Crippen molar-refractivity contribution < 1.29 is 5.11 Å². The minimum absolute atomic E-state index is 0.264. The molecule has 2 atom stereocenters. The van der Waals surface area contributed by atoms with E-state index in [0.717, 1.165) is 10.7 Å². The molecule has 0 aromatic carbocycles. The molecule has 0 aliphatic heterocycles. The van der Waals surface area contributed by atoms with Crippen LogP contribution in [-0.2, 0) is 0 Å². The quantitative estimate of drug-likeness (QED) is 0.833. The van der Waals surface area contributed by atoms with Crippen LogP contribution in [0.2, 0.25) is 0 Å². The van der Waals surface area contributed by atoms with Crippen LogP contribution in [-0.4, -0.2) is 22.7 Å². The minimum Gasteiger partial charge on any atom is -0.392 e. The molecule has 4 heteroatoms. The maximum absolute atomic E-state index is 9.72. The lowest BCUT2D eigenvalue weighted by Gasteiger charge is -2.18. The van der Waals surface area contributed by atoms with Crippen molar-refractivity contribution >= 4 is 11.3 Å². The number of aryl methyl sites for hydroxylation is 2. The van der Waals surface area contributed by atoms with E-state index in [2.05, 4.69) is 17.2 Å². The molecule has 0 bridgehead atoms. The highest BCUT2D eigenvalue weighted by Crippen LogP contribution is 2.24. The Labute approximate surface area is 102 Å². The zero-order chi connectivity index (χ0) is 12.3. The zero-order valence-electron chi connectivity index (χ0n) is 10.7. The van der Waals surface area contributed by atoms with Crippen molar-refractivity contribution in [2.24, 2.45) is 5.92 Å². The van der Waals surface area contributed by atoms with Crippen LogP contribution >= 0.6 is 11.3 Å². The fourth-order valence-corrected chi connectivity index (χ4v) is 2.53. The average Bonchev–Trinajstić information content (AvgIpc) is 2.53. The molecule has 92 valence electrons. The van der Waals surface area contributed by atoms with Crippen molar-refractivity contribution in [1.82, 2.24) is 10.3 Å². The second-order valence-corrected chi connectivity index (χ2v) is 5.86. The van der Waals surface area contributed by atoms with Gasteiger partial charge < -0.3 is 10.4 Å². The Morgan fingerprint density at radius 1 is 1.31 bits per heavy atom. The van der Waals surface area contributed by atoms with Crippen molar-refractivity contribution in [2.45, 2.75) is 46.8 Å². The lowest BCUT2D eigenvalue weighted by Crippen LogP contribution is -2.32. The number of nitrogens with one attached hydrogen (secondary N) is 1. The molecule has 2 unspecified atom stereocenters. The summed E-state index contributed by atoms with van der Waals surface area (Å²) in [4.78, 5) is 5.68. The van der Waals surface area contributed by atoms with Crippen LogP contribution in [0.3, 0.4) is 0 Å². The summed E-state index contributed by atoms with van der Waals surface area (Å²) in [6, 6.07) is 0.264. The third kappa shape index (κ3) is 3.54. The molecule has 1 heterocycles. The molecule has 0 saturated heterocycles. The molecule has 1 rings (SSSR count). The Morgan fingerprint density at radius 2 is 1.94 bits per heavy atom. The number of aliphatic hydroxyl groups is 1. The molecule has 1 aromatic rings. The average molecular weight is 242 g/mol. The molecule has 0 saturated carbocycles. The third-order valence-corrected chi connectivity index (χ3v) is 3.99. The summed E-state index contributed by atoms with van der Waals surface area (Å²) in [7, 11) is 0. The lowest BCUT2D eigenvalue weighted by molar-refractivity contribution is 0.121. The standard InChI is InChI=1S/C12H22N2OS/c1-7(2)11(15)6-13-8(3)12-9(4)14-10(5)16-12/h7-8,11,13,15H,6H2,1-5H3. The molecule has 2 N–H and O–H groups in total. The smallest absolute Gasteiger partial charge is 0.0900 e. The summed E-state index contributed by atoms with van der Waals surface area (Å²) < 4.78 is 0. The summed E-state index contributed by atoms with van der Waals surface area (Å²) in [5, 5.41) is 14.2. The van der Waals surface area contributed by atoms with Gasteiger partial charge in [-0.05, 0) is 26.7 Å². The van der Waals surface area contributed by atoms with Crippen molar-refractivity contribution in [3.8, 4) is 0 Å². The first-order valence-electron chi connectivity index (χ1n) is 5.77. The van der Waals surface area contributed by atoms with Crippen LogP contribution in [0.15, 0.2) is 0 Å². The summed E-state index contributed by atoms with van der Waals surface area (Å²) in [5.41, 5.74) is 1.10. The van der Waals surface area contributed by atoms with Gasteiger partial charge in [0.15, 0.2) is 0 Å². The molecule has 0 amide bonds. The van der Waals surface area contributed by atoms with Crippen LogP contribution in [0.4, 0.5) is 0 Å². The Bertz CT molecular complexity index is 336. The van der Waals surface area contributed by atoms with E-state index in [9.17, 15) is 5.11 Å². The fraction of sp³-hybridized carbons (Fsp3) is 0.750. The van der Waals surface area contributed by atoms with E-state index in [1.54, 1.807) is 11.3 Å². The molecule has 0 aliphatic rings. The third-order valence-electron chi connectivity index (χ3n) is 2.74. The van der Waals surface area contributed by atoms with E-state index in [1.165, 1.54) is 4.88 Å². The van der Waals surface area contributed by atoms with Crippen LogP contribution in [0.5, 0.6) is 0 Å². The van der Waals surface area contributed by atoms with Crippen molar-refractivity contribution in [2.75, 3.05) is 6.54 Å². The fourth-order valence-electron chi connectivity index (χ4n) is 1.57. The van der Waals surface area contributed by atoms with Gasteiger partial charge in [-0.1, -0.05) is 13.8 Å². The number of hydrogen-bond acceptors (Lipinski definition) is 4. The molecular weight excluding hydrogens is 220 g/mol. The van der Waals surface area contributed by atoms with Crippen molar-refractivity contribution in [3.05, 3.63) is 15.6 Å². The SMILES string of the molecule is Cc1nc(C)c(C(C)NCC(O)C(C)C)s1. The number of hydrogen-bond donors (Lipinski definition) is 2. The predicted molar refractivity (Wildman–Crippen MR) is 68.9 cm³/mol. The van der Waals surface area contributed by atoms with E-state index in [-0.39, 0.29) is 12.1 Å². The molecule has 16 heavy (non-hydrogen) atoms. The highest BCUT2D eigenvalue weighted by atomic mass is 32.1. The lowest BCUT2D eigenvalue weighted by atomic mass is 10.1. The van der Waals surface area contributed by atoms with E-state index in [1.807, 2.05) is 27.7 Å². The van der Waals surface area contributed by atoms with Crippen LogP contribution in [0, 0.1) is 19.8 Å². The maximum atomic E-state index is 9.72. The van der Waals surface area contributed by atoms with Gasteiger partial charge in [0.1, 0.15) is 0 Å². The first kappa shape index (κ1) is 13.6. The van der Waals surface area contributed by atoms with Crippen LogP contribution in [0.1, 0.15) is 42.4 Å². The number of aromatic nitrogens is 1. The summed E-state index contributed by atoms with van der Waals surface area (Å²) in [6.45, 7) is 10.9. The number of thiazole rings is 1. The largest absolute Gasteiger partial charge is 0.392 e. The Balaban J connectivity index is 2.53. The molecule has 0 aliphatic carbocycles. The second kappa shape index (κ2) is 5.75. The highest BCUT2D eigenvalue weighted by molar-refractivity contribution is 7.11. The van der Waals surface area contributed by atoms with E-state index < -0.39 is 0 Å². The first-order valence-corrected chi connectivity index (χ1v) is 6.58. The van der Waals surface area contributed by atoms with Gasteiger partial charge >= 0.3 is 0 Å². The van der Waals surface area contributed by atoms with Gasteiger partial charge in [0.05, 0.1) is 16.8 Å². The number of nitrogens with zero attached hydrogens (tertiary/aromatic N) is 1. The van der Waals surface area contributed by atoms with E-state index in [4.69, 9.17) is 0 Å². The summed E-state index contributed by atoms with van der Waals surface area (Å²) >= 11 is 1.73. The number of aliphatic hydroxyl groups excluding tert-OH is 1. The topological polar surface area (TPSA) is 45.2 Å². The van der Waals surface area contributed by atoms with Gasteiger partial charge in [-0.2, -0.15) is 0 Å². The summed E-state index contributed by atoms with van der Waals surface area (Å²) in [5.74, 6) is 0.295. The minimum atomic E-state index is -0.281. The zero-order valence-corrected chi connectivity index (χ0v) is 11.6. The van der Waals surface area contributed by atoms with Gasteiger partial charge in [0, 0.05) is 17.5 Å². The Kier molecular flexibility index (Phi) is 4.89. The molecule has 0 radical (unpaired) electrons. The van der Waals surface area contributed by atoms with Gasteiger partial charge in [0.2, 0.25) is 0 Å². The molecule has 0 fully saturated rings. The van der Waals surface area contributed by atoms with Crippen LogP contribution < -0.4 is 5.32 Å². The monoisotopic (exact) mass is 242 g/mol. The van der Waals surface area contributed by atoms with Crippen molar-refractivity contribution in [1.29, 1.82) is 0 Å². The van der Waals surface area contributed by atoms with Crippen molar-refractivity contribution in [3.63, 3.8) is 0 Å². The van der Waals surface area contributed by atoms with E-state index in [0.29, 0.717) is 12.5 Å². The molecule has 1 aromatic heterocycles. The molecule has 3 nitrogen and oxygen atoms in total. The van der Waals surface area contributed by atoms with Gasteiger partial charge in [-0.25, -0.2) is 4.98 Å². The first-order chi connectivity index (χ1) is 7.41. The number of rotatable bonds is 5. The Morgan fingerprint density at radius 3 is 2.38 bits per heavy atom. The normalized spacial score (nSPS) is 15.4. The maximum Gasteiger partial charge on any atom is 0.0900 e. The second-order valence-electron chi connectivity index (χ2n) is 4.62. The van der Waals surface area contributed by atoms with E-state index >= 15 is 0 Å². The summed E-state index contributed by atoms with van der Waals surface area (Å²) in [6.07, 6.45) is -0.281. The van der Waals surface area contributed by atoms with Gasteiger partial charge in [0.25, 0.3) is 0 Å². The Hall–Kier alpha value is -0.450. The van der Waals surface area contributed by atoms with Gasteiger partial charge in [-0.15, -0.1) is 11.3 Å². The molecular formula is C12H22N2OS. The van der Waals surface area contributed by atoms with Gasteiger partial charge in [-0.3, -0.25) is 0 Å².